The third-order valence-electron chi connectivity index (χ3n) is 2.01. The lowest BCUT2D eigenvalue weighted by Crippen LogP contribution is -2.43. The summed E-state index contributed by atoms with van der Waals surface area (Å²) in [6.07, 6.45) is 0. The molecule has 1 aromatic rings. The minimum absolute atomic E-state index is 0.0207. The SMILES string of the molecule is NC(=O)N(N)c1cc(Cl)c(N(N)C(N)=O)cc1Cl. The van der Waals surface area contributed by atoms with E-state index in [4.69, 9.17) is 46.4 Å². The molecule has 0 heterocycles. The van der Waals surface area contributed by atoms with Gasteiger partial charge >= 0.3 is 12.1 Å². The lowest BCUT2D eigenvalue weighted by Gasteiger charge is -2.20. The molecule has 0 atom stereocenters. The van der Waals surface area contributed by atoms with Crippen LogP contribution in [0.1, 0.15) is 0 Å². The highest BCUT2D eigenvalue weighted by atomic mass is 35.5. The third-order valence-corrected chi connectivity index (χ3v) is 2.62. The highest BCUT2D eigenvalue weighted by Crippen LogP contribution is 2.35. The van der Waals surface area contributed by atoms with Gasteiger partial charge in [-0.25, -0.2) is 31.3 Å². The number of hydrogen-bond donors (Lipinski definition) is 4. The molecule has 4 amide bonds. The highest BCUT2D eigenvalue weighted by Gasteiger charge is 2.18. The van der Waals surface area contributed by atoms with E-state index in [-0.39, 0.29) is 21.4 Å². The number of hydrazine groups is 2. The van der Waals surface area contributed by atoms with E-state index in [1.54, 1.807) is 0 Å². The lowest BCUT2D eigenvalue weighted by molar-refractivity contribution is 0.253. The Morgan fingerprint density at radius 2 is 1.17 bits per heavy atom. The monoisotopic (exact) mass is 292 g/mol. The quantitative estimate of drug-likeness (QED) is 0.357. The van der Waals surface area contributed by atoms with Crippen molar-refractivity contribution < 1.29 is 9.59 Å². The van der Waals surface area contributed by atoms with Crippen LogP contribution in [0, 0.1) is 0 Å². The van der Waals surface area contributed by atoms with Gasteiger partial charge in [-0.3, -0.25) is 0 Å². The number of rotatable bonds is 2. The second-order valence-corrected chi connectivity index (χ2v) is 3.99. The van der Waals surface area contributed by atoms with Gasteiger partial charge in [0.25, 0.3) is 0 Å². The van der Waals surface area contributed by atoms with Crippen LogP contribution in [0.15, 0.2) is 12.1 Å². The molecule has 8 nitrogen and oxygen atoms in total. The van der Waals surface area contributed by atoms with Crippen molar-refractivity contribution in [2.75, 3.05) is 10.0 Å². The van der Waals surface area contributed by atoms with Gasteiger partial charge in [-0.2, -0.15) is 0 Å². The Hall–Kier alpha value is -1.74. The first-order valence-electron chi connectivity index (χ1n) is 4.43. The molecule has 98 valence electrons. The summed E-state index contributed by atoms with van der Waals surface area (Å²) in [5.74, 6) is 10.7. The van der Waals surface area contributed by atoms with Crippen LogP contribution in [0.4, 0.5) is 21.0 Å². The molecule has 0 unspecified atom stereocenters. The zero-order valence-corrected chi connectivity index (χ0v) is 10.4. The van der Waals surface area contributed by atoms with Crippen LogP contribution in [-0.4, -0.2) is 12.1 Å². The van der Waals surface area contributed by atoms with E-state index in [0.717, 1.165) is 0 Å². The predicted octanol–water partition coefficient (Wildman–Crippen LogP) is 0.511. The van der Waals surface area contributed by atoms with Crippen LogP contribution >= 0.6 is 23.2 Å². The molecular weight excluding hydrogens is 283 g/mol. The molecule has 18 heavy (non-hydrogen) atoms. The third kappa shape index (κ3) is 2.74. The molecule has 1 aromatic carbocycles. The second-order valence-electron chi connectivity index (χ2n) is 3.17. The van der Waals surface area contributed by atoms with Crippen LogP contribution in [-0.2, 0) is 0 Å². The van der Waals surface area contributed by atoms with Crippen molar-refractivity contribution >= 4 is 46.6 Å². The molecule has 0 spiro atoms. The fraction of sp³-hybridized carbons (Fsp3) is 0. The van der Waals surface area contributed by atoms with Crippen molar-refractivity contribution in [1.29, 1.82) is 0 Å². The molecule has 1 rings (SSSR count). The smallest absolute Gasteiger partial charge is 0.333 e. The average molecular weight is 293 g/mol. The molecule has 0 saturated carbocycles. The lowest BCUT2D eigenvalue weighted by atomic mass is 10.2. The minimum atomic E-state index is -0.930. The maximum atomic E-state index is 10.9. The number of carbonyl (C=O) groups is 2. The van der Waals surface area contributed by atoms with Crippen molar-refractivity contribution in [1.82, 2.24) is 0 Å². The van der Waals surface area contributed by atoms with Crippen LogP contribution in [0.3, 0.4) is 0 Å². The van der Waals surface area contributed by atoms with Crippen molar-refractivity contribution in [2.24, 2.45) is 23.2 Å². The molecule has 0 aliphatic carbocycles. The number of urea groups is 2. The maximum Gasteiger partial charge on any atom is 0.333 e. The molecule has 0 saturated heterocycles. The van der Waals surface area contributed by atoms with Gasteiger partial charge in [0.15, 0.2) is 0 Å². The summed E-state index contributed by atoms with van der Waals surface area (Å²) in [6, 6.07) is 0.597. The first kappa shape index (κ1) is 14.3. The number of carbonyl (C=O) groups excluding carboxylic acids is 2. The van der Waals surface area contributed by atoms with E-state index in [2.05, 4.69) is 0 Å². The number of benzene rings is 1. The highest BCUT2D eigenvalue weighted by molar-refractivity contribution is 6.38. The van der Waals surface area contributed by atoms with E-state index >= 15 is 0 Å². The summed E-state index contributed by atoms with van der Waals surface area (Å²) in [7, 11) is 0. The Morgan fingerprint density at radius 3 is 1.39 bits per heavy atom. The Balaban J connectivity index is 3.28. The van der Waals surface area contributed by atoms with Crippen LogP contribution in [0.25, 0.3) is 0 Å². The Morgan fingerprint density at radius 1 is 0.889 bits per heavy atom. The molecule has 10 heteroatoms. The molecule has 8 N–H and O–H groups in total. The molecule has 0 aliphatic heterocycles. The second kappa shape index (κ2) is 5.27. The van der Waals surface area contributed by atoms with E-state index in [1.165, 1.54) is 12.1 Å². The van der Waals surface area contributed by atoms with E-state index in [0.29, 0.717) is 10.0 Å². The van der Waals surface area contributed by atoms with Gasteiger partial charge < -0.3 is 11.5 Å². The molecular formula is C8H10Cl2N6O2. The molecule has 0 bridgehead atoms. The topological polar surface area (TPSA) is 145 Å². The molecule has 0 fully saturated rings. The number of hydrogen-bond acceptors (Lipinski definition) is 4. The number of nitrogens with two attached hydrogens (primary N) is 4. The predicted molar refractivity (Wildman–Crippen MR) is 69.0 cm³/mol. The average Bonchev–Trinajstić information content (AvgIpc) is 2.29. The fourth-order valence-electron chi connectivity index (χ4n) is 1.13. The zero-order valence-electron chi connectivity index (χ0n) is 8.93. The van der Waals surface area contributed by atoms with Crippen LogP contribution in [0.5, 0.6) is 0 Å². The number of nitrogens with zero attached hydrogens (tertiary/aromatic N) is 2. The van der Waals surface area contributed by atoms with Crippen LogP contribution in [0.2, 0.25) is 10.0 Å². The summed E-state index contributed by atoms with van der Waals surface area (Å²) < 4.78 is 0. The summed E-state index contributed by atoms with van der Waals surface area (Å²) in [5.41, 5.74) is 10.1. The molecule has 0 aromatic heterocycles. The summed E-state index contributed by atoms with van der Waals surface area (Å²) in [6.45, 7) is 0. The van der Waals surface area contributed by atoms with Crippen molar-refractivity contribution in [3.63, 3.8) is 0 Å². The normalized spacial score (nSPS) is 10.0. The standard InChI is InChI=1S/C8H10Cl2N6O2/c9-3-1-5(15(13)7(11)17)4(10)2-6(3)16(14)8(12)18/h1-2H,13-14H2,(H2,11,17)(H2,12,18). The summed E-state index contributed by atoms with van der Waals surface area (Å²) in [5, 5.41) is 1.24. The number of amides is 4. The van der Waals surface area contributed by atoms with Gasteiger partial charge in [0.1, 0.15) is 0 Å². The van der Waals surface area contributed by atoms with E-state index < -0.39 is 12.1 Å². The van der Waals surface area contributed by atoms with Gasteiger partial charge in [0.05, 0.1) is 21.4 Å². The van der Waals surface area contributed by atoms with E-state index in [9.17, 15) is 9.59 Å². The Labute approximate surface area is 112 Å². The van der Waals surface area contributed by atoms with Gasteiger partial charge in [0.2, 0.25) is 0 Å². The fourth-order valence-corrected chi connectivity index (χ4v) is 1.63. The zero-order chi connectivity index (χ0) is 14.0. The van der Waals surface area contributed by atoms with Crippen molar-refractivity contribution in [3.05, 3.63) is 22.2 Å². The summed E-state index contributed by atoms with van der Waals surface area (Å²) in [4.78, 5) is 21.8. The number of anilines is 2. The first-order valence-corrected chi connectivity index (χ1v) is 5.19. The van der Waals surface area contributed by atoms with Gasteiger partial charge in [0, 0.05) is 0 Å². The van der Waals surface area contributed by atoms with Gasteiger partial charge in [-0.1, -0.05) is 23.2 Å². The largest absolute Gasteiger partial charge is 0.350 e. The minimum Gasteiger partial charge on any atom is -0.350 e. The molecule has 0 aliphatic rings. The number of primary amides is 2. The van der Waals surface area contributed by atoms with Gasteiger partial charge in [-0.15, -0.1) is 0 Å². The Bertz CT molecular complexity index is 463. The summed E-state index contributed by atoms with van der Waals surface area (Å²) >= 11 is 11.7. The maximum absolute atomic E-state index is 10.9. The number of halogens is 2. The van der Waals surface area contributed by atoms with Crippen molar-refractivity contribution in [3.8, 4) is 0 Å². The van der Waals surface area contributed by atoms with E-state index in [1.807, 2.05) is 0 Å². The van der Waals surface area contributed by atoms with Crippen LogP contribution < -0.4 is 33.2 Å². The first-order chi connectivity index (χ1) is 8.25. The van der Waals surface area contributed by atoms with Crippen molar-refractivity contribution in [2.45, 2.75) is 0 Å². The van der Waals surface area contributed by atoms with Gasteiger partial charge in [-0.05, 0) is 12.1 Å². The molecule has 0 radical (unpaired) electrons. The Kier molecular flexibility index (Phi) is 4.19.